The van der Waals surface area contributed by atoms with Crippen LogP contribution in [-0.4, -0.2) is 38.0 Å². The van der Waals surface area contributed by atoms with Crippen molar-refractivity contribution in [1.29, 1.82) is 0 Å². The van der Waals surface area contributed by atoms with Gasteiger partial charge < -0.3 is 24.1 Å². The zero-order chi connectivity index (χ0) is 20.2. The molecule has 2 aromatic carbocycles. The lowest BCUT2D eigenvalue weighted by atomic mass is 10.2. The number of aliphatic hydroxyl groups excluding tert-OH is 1. The molecule has 1 unspecified atom stereocenters. The van der Waals surface area contributed by atoms with Gasteiger partial charge in [0.1, 0.15) is 18.1 Å². The van der Waals surface area contributed by atoms with E-state index in [1.54, 1.807) is 43.5 Å². The highest BCUT2D eigenvalue weighted by Gasteiger charge is 2.11. The Morgan fingerprint density at radius 2 is 1.61 bits per heavy atom. The molecule has 0 radical (unpaired) electrons. The van der Waals surface area contributed by atoms with Crippen molar-refractivity contribution in [3.63, 3.8) is 0 Å². The van der Waals surface area contributed by atoms with Crippen LogP contribution in [-0.2, 0) is 9.47 Å². The first-order valence-electron chi connectivity index (χ1n) is 9.47. The van der Waals surface area contributed by atoms with Crippen LogP contribution in [0.4, 0.5) is 0 Å². The van der Waals surface area contributed by atoms with Gasteiger partial charge in [0.25, 0.3) is 0 Å². The lowest BCUT2D eigenvalue weighted by Crippen LogP contribution is -2.10. The van der Waals surface area contributed by atoms with Crippen LogP contribution >= 0.6 is 0 Å². The van der Waals surface area contributed by atoms with E-state index in [9.17, 15) is 9.90 Å². The Labute approximate surface area is 166 Å². The maximum atomic E-state index is 11.8. The summed E-state index contributed by atoms with van der Waals surface area (Å²) in [4.78, 5) is 11.8. The van der Waals surface area contributed by atoms with Crippen LogP contribution in [0, 0.1) is 0 Å². The second-order valence-electron chi connectivity index (χ2n) is 6.25. The molecule has 6 heteroatoms. The van der Waals surface area contributed by atoms with Gasteiger partial charge >= 0.3 is 5.97 Å². The van der Waals surface area contributed by atoms with Crippen LogP contribution in [0.5, 0.6) is 11.5 Å². The summed E-state index contributed by atoms with van der Waals surface area (Å²) >= 11 is 0. The molecule has 0 bridgehead atoms. The first-order valence-corrected chi connectivity index (χ1v) is 9.47. The summed E-state index contributed by atoms with van der Waals surface area (Å²) < 4.78 is 21.1. The normalized spacial score (nSPS) is 11.7. The monoisotopic (exact) mass is 388 g/mol. The first-order chi connectivity index (χ1) is 13.6. The lowest BCUT2D eigenvalue weighted by Gasteiger charge is -2.15. The third-order valence-electron chi connectivity index (χ3n) is 4.04. The van der Waals surface area contributed by atoms with Crippen LogP contribution in [0.15, 0.2) is 48.5 Å². The van der Waals surface area contributed by atoms with Gasteiger partial charge in [-0.25, -0.2) is 4.79 Å². The summed E-state index contributed by atoms with van der Waals surface area (Å²) in [6.45, 7) is 3.39. The Balaban J connectivity index is 1.84. The molecule has 0 saturated heterocycles. The van der Waals surface area contributed by atoms with E-state index in [1.165, 1.54) is 0 Å². The maximum Gasteiger partial charge on any atom is 0.338 e. The van der Waals surface area contributed by atoms with Crippen LogP contribution in [0.3, 0.4) is 0 Å². The Kier molecular flexibility index (Phi) is 9.31. The quantitative estimate of drug-likeness (QED) is 0.335. The van der Waals surface area contributed by atoms with Gasteiger partial charge in [-0.3, -0.25) is 0 Å². The average molecular weight is 388 g/mol. The highest BCUT2D eigenvalue weighted by molar-refractivity contribution is 5.89. The average Bonchev–Trinajstić information content (AvgIpc) is 2.72. The minimum Gasteiger partial charge on any atom is -0.494 e. The largest absolute Gasteiger partial charge is 0.494 e. The van der Waals surface area contributed by atoms with Crippen molar-refractivity contribution in [2.45, 2.75) is 32.5 Å². The lowest BCUT2D eigenvalue weighted by molar-refractivity contribution is -0.0194. The van der Waals surface area contributed by atoms with Gasteiger partial charge in [-0.05, 0) is 55.0 Å². The molecule has 0 heterocycles. The number of hydrogen-bond donors (Lipinski definition) is 1. The fraction of sp³-hybridized carbons (Fsp3) is 0.409. The van der Waals surface area contributed by atoms with E-state index in [1.807, 2.05) is 12.1 Å². The summed E-state index contributed by atoms with van der Waals surface area (Å²) in [5, 5.41) is 10.3. The minimum absolute atomic E-state index is 0.199. The van der Waals surface area contributed by atoms with Crippen LogP contribution in [0.25, 0.3) is 0 Å². The smallest absolute Gasteiger partial charge is 0.338 e. The molecule has 2 rings (SSSR count). The van der Waals surface area contributed by atoms with Gasteiger partial charge in [0, 0.05) is 12.7 Å². The van der Waals surface area contributed by atoms with Gasteiger partial charge in [-0.1, -0.05) is 19.8 Å². The number of unbranched alkanes of at least 4 members (excludes halogenated alkanes) is 2. The molecule has 0 aromatic heterocycles. The van der Waals surface area contributed by atoms with Gasteiger partial charge in [0.15, 0.2) is 0 Å². The van der Waals surface area contributed by atoms with Gasteiger partial charge in [-0.15, -0.1) is 0 Å². The topological polar surface area (TPSA) is 74.2 Å². The summed E-state index contributed by atoms with van der Waals surface area (Å²) in [5.41, 5.74) is 1.02. The standard InChI is InChI=1S/C22H28O6/c1-3-4-5-14-26-19-10-6-18(7-11-19)22(24)28-20-12-8-17(9-13-20)21(23)27-16-15-25-2/h6-13,22,24H,3-5,14-16H2,1-2H3. The predicted molar refractivity (Wildman–Crippen MR) is 106 cm³/mol. The number of esters is 1. The predicted octanol–water partition coefficient (Wildman–Crippen LogP) is 4.13. The van der Waals surface area contributed by atoms with E-state index in [-0.39, 0.29) is 6.61 Å². The van der Waals surface area contributed by atoms with Gasteiger partial charge in [-0.2, -0.15) is 0 Å². The summed E-state index contributed by atoms with van der Waals surface area (Å²) in [5.74, 6) is 0.780. The summed E-state index contributed by atoms with van der Waals surface area (Å²) in [7, 11) is 1.54. The zero-order valence-electron chi connectivity index (χ0n) is 16.4. The maximum absolute atomic E-state index is 11.8. The van der Waals surface area contributed by atoms with E-state index in [2.05, 4.69) is 6.92 Å². The van der Waals surface area contributed by atoms with Crippen molar-refractivity contribution in [1.82, 2.24) is 0 Å². The van der Waals surface area contributed by atoms with Crippen molar-refractivity contribution < 1.29 is 28.8 Å². The molecule has 0 aliphatic heterocycles. The van der Waals surface area contributed by atoms with E-state index in [4.69, 9.17) is 18.9 Å². The number of carbonyl (C=O) groups excluding carboxylic acids is 1. The Morgan fingerprint density at radius 1 is 0.929 bits per heavy atom. The fourth-order valence-electron chi connectivity index (χ4n) is 2.44. The number of ether oxygens (including phenoxy) is 4. The molecule has 0 fully saturated rings. The number of rotatable bonds is 12. The Hall–Kier alpha value is -2.57. The molecule has 1 atom stereocenters. The molecule has 1 N–H and O–H groups in total. The summed E-state index contributed by atoms with van der Waals surface area (Å²) in [6, 6.07) is 13.6. The van der Waals surface area contributed by atoms with E-state index in [0.717, 1.165) is 25.0 Å². The van der Waals surface area contributed by atoms with Gasteiger partial charge in [0.05, 0.1) is 18.8 Å². The molecule has 0 spiro atoms. The first kappa shape index (κ1) is 21.7. The van der Waals surface area contributed by atoms with Crippen molar-refractivity contribution in [3.8, 4) is 11.5 Å². The molecule has 0 amide bonds. The van der Waals surface area contributed by atoms with Crippen molar-refractivity contribution >= 4 is 5.97 Å². The molecule has 152 valence electrons. The second-order valence-corrected chi connectivity index (χ2v) is 6.25. The van der Waals surface area contributed by atoms with Crippen molar-refractivity contribution in [3.05, 3.63) is 59.7 Å². The second kappa shape index (κ2) is 12.0. The summed E-state index contributed by atoms with van der Waals surface area (Å²) in [6.07, 6.45) is 2.21. The molecule has 6 nitrogen and oxygen atoms in total. The minimum atomic E-state index is -1.12. The molecule has 0 aliphatic carbocycles. The van der Waals surface area contributed by atoms with Crippen molar-refractivity contribution in [2.75, 3.05) is 26.9 Å². The molecule has 2 aromatic rings. The molecule has 28 heavy (non-hydrogen) atoms. The van der Waals surface area contributed by atoms with Crippen LogP contribution < -0.4 is 9.47 Å². The SMILES string of the molecule is CCCCCOc1ccc(C(O)Oc2ccc(C(=O)OCCOC)cc2)cc1. The number of carbonyl (C=O) groups is 1. The fourth-order valence-corrected chi connectivity index (χ4v) is 2.44. The third-order valence-corrected chi connectivity index (χ3v) is 4.04. The van der Waals surface area contributed by atoms with Crippen LogP contribution in [0.1, 0.15) is 48.4 Å². The zero-order valence-corrected chi connectivity index (χ0v) is 16.4. The van der Waals surface area contributed by atoms with Crippen molar-refractivity contribution in [2.24, 2.45) is 0 Å². The van der Waals surface area contributed by atoms with E-state index >= 15 is 0 Å². The van der Waals surface area contributed by atoms with E-state index in [0.29, 0.717) is 30.1 Å². The third kappa shape index (κ3) is 7.21. The highest BCUT2D eigenvalue weighted by Crippen LogP contribution is 2.23. The number of aliphatic hydroxyl groups is 1. The molecule has 0 aliphatic rings. The molecular weight excluding hydrogens is 360 g/mol. The Morgan fingerprint density at radius 3 is 2.25 bits per heavy atom. The highest BCUT2D eigenvalue weighted by atomic mass is 16.6. The molecular formula is C22H28O6. The molecule has 0 saturated carbocycles. The number of methoxy groups -OCH3 is 1. The van der Waals surface area contributed by atoms with Crippen LogP contribution in [0.2, 0.25) is 0 Å². The Bertz CT molecular complexity index is 696. The van der Waals surface area contributed by atoms with Gasteiger partial charge in [0.2, 0.25) is 6.29 Å². The number of benzene rings is 2. The van der Waals surface area contributed by atoms with E-state index < -0.39 is 12.3 Å². The number of hydrogen-bond acceptors (Lipinski definition) is 6.